The number of nitrogens with zero attached hydrogens (tertiary/aromatic N) is 1. The molecule has 0 aliphatic carbocycles. The summed E-state index contributed by atoms with van der Waals surface area (Å²) in [6, 6.07) is 8.95. The van der Waals surface area contributed by atoms with Gasteiger partial charge in [0.2, 0.25) is 5.88 Å². The number of aliphatic hydroxyl groups is 1. The van der Waals surface area contributed by atoms with E-state index in [1.165, 1.54) is 11.6 Å². The van der Waals surface area contributed by atoms with Crippen molar-refractivity contribution < 1.29 is 14.2 Å². The molecule has 0 aliphatic heterocycles. The number of aryl methyl sites for hydroxylation is 1. The van der Waals surface area contributed by atoms with Crippen molar-refractivity contribution in [3.05, 3.63) is 53.5 Å². The Morgan fingerprint density at radius 2 is 2.00 bits per heavy atom. The molecule has 0 unspecified atom stereocenters. The molecule has 20 heavy (non-hydrogen) atoms. The van der Waals surface area contributed by atoms with Crippen LogP contribution >= 0.6 is 0 Å². The van der Waals surface area contributed by atoms with Gasteiger partial charge in [0.15, 0.2) is 0 Å². The number of halogens is 1. The van der Waals surface area contributed by atoms with E-state index in [2.05, 4.69) is 11.9 Å². The van der Waals surface area contributed by atoms with Gasteiger partial charge in [-0.2, -0.15) is 0 Å². The Balaban J connectivity index is 2.10. The Morgan fingerprint density at radius 1 is 1.25 bits per heavy atom. The quantitative estimate of drug-likeness (QED) is 0.870. The maximum absolute atomic E-state index is 13.0. The van der Waals surface area contributed by atoms with E-state index in [4.69, 9.17) is 4.74 Å². The van der Waals surface area contributed by atoms with Crippen molar-refractivity contribution in [3.63, 3.8) is 0 Å². The van der Waals surface area contributed by atoms with E-state index < -0.39 is 5.82 Å². The fraction of sp³-hybridized carbons (Fsp3) is 0.312. The van der Waals surface area contributed by atoms with Crippen LogP contribution in [0.2, 0.25) is 0 Å². The number of benzene rings is 1. The highest BCUT2D eigenvalue weighted by atomic mass is 19.1. The van der Waals surface area contributed by atoms with Crippen LogP contribution in [0.3, 0.4) is 0 Å². The molecule has 0 amide bonds. The number of aliphatic hydroxyl groups excluding tert-OH is 1. The number of hydrogen-bond acceptors (Lipinski definition) is 3. The summed E-state index contributed by atoms with van der Waals surface area (Å²) >= 11 is 0. The van der Waals surface area contributed by atoms with Crippen molar-refractivity contribution in [1.82, 2.24) is 4.98 Å². The third-order valence-electron chi connectivity index (χ3n) is 3.02. The molecular formula is C16H18FNO2. The van der Waals surface area contributed by atoms with Crippen molar-refractivity contribution >= 4 is 0 Å². The summed E-state index contributed by atoms with van der Waals surface area (Å²) in [4.78, 5) is 3.86. The standard InChI is InChI=1S/C16H18FNO2/c1-2-3-4-12-5-7-15(8-6-12)20-16-13(11-19)9-14(17)10-18-16/h5-10,19H,2-4,11H2,1H3. The number of unbranched alkanes of at least 4 members (excludes halogenated alkanes) is 1. The summed E-state index contributed by atoms with van der Waals surface area (Å²) in [5.41, 5.74) is 1.59. The molecule has 4 heteroatoms. The number of rotatable bonds is 6. The number of ether oxygens (including phenoxy) is 1. The SMILES string of the molecule is CCCCc1ccc(Oc2ncc(F)cc2CO)cc1. The molecule has 0 bridgehead atoms. The molecule has 1 aromatic heterocycles. The van der Waals surface area contributed by atoms with Gasteiger partial charge in [-0.15, -0.1) is 0 Å². The van der Waals surface area contributed by atoms with Crippen LogP contribution in [0.15, 0.2) is 36.5 Å². The minimum absolute atomic E-state index is 0.232. The van der Waals surface area contributed by atoms with Crippen molar-refractivity contribution in [2.45, 2.75) is 32.8 Å². The highest BCUT2D eigenvalue weighted by Gasteiger charge is 2.07. The fourth-order valence-corrected chi connectivity index (χ4v) is 1.89. The van der Waals surface area contributed by atoms with E-state index >= 15 is 0 Å². The van der Waals surface area contributed by atoms with Crippen molar-refractivity contribution in [2.75, 3.05) is 0 Å². The molecule has 0 saturated heterocycles. The minimum atomic E-state index is -0.490. The van der Waals surface area contributed by atoms with Gasteiger partial charge < -0.3 is 9.84 Å². The molecule has 1 heterocycles. The summed E-state index contributed by atoms with van der Waals surface area (Å²) in [6.07, 6.45) is 4.45. The molecule has 0 aliphatic rings. The summed E-state index contributed by atoms with van der Waals surface area (Å²) in [5.74, 6) is 0.366. The first-order chi connectivity index (χ1) is 9.72. The molecule has 3 nitrogen and oxygen atoms in total. The van der Waals surface area contributed by atoms with E-state index in [1.807, 2.05) is 24.3 Å². The molecule has 106 valence electrons. The largest absolute Gasteiger partial charge is 0.439 e. The van der Waals surface area contributed by atoms with Gasteiger partial charge >= 0.3 is 0 Å². The van der Waals surface area contributed by atoms with Crippen LogP contribution in [0.25, 0.3) is 0 Å². The maximum atomic E-state index is 13.0. The van der Waals surface area contributed by atoms with Gasteiger partial charge in [0.05, 0.1) is 12.8 Å². The highest BCUT2D eigenvalue weighted by Crippen LogP contribution is 2.24. The van der Waals surface area contributed by atoms with E-state index in [-0.39, 0.29) is 12.5 Å². The Labute approximate surface area is 118 Å². The van der Waals surface area contributed by atoms with Gasteiger partial charge in [0.1, 0.15) is 11.6 Å². The van der Waals surface area contributed by atoms with Crippen LogP contribution in [0, 0.1) is 5.82 Å². The van der Waals surface area contributed by atoms with Crippen LogP contribution in [0.1, 0.15) is 30.9 Å². The van der Waals surface area contributed by atoms with Gasteiger partial charge in [0, 0.05) is 5.56 Å². The average Bonchev–Trinajstić information content (AvgIpc) is 2.48. The molecule has 1 N–H and O–H groups in total. The molecular weight excluding hydrogens is 257 g/mol. The predicted molar refractivity (Wildman–Crippen MR) is 75.2 cm³/mol. The minimum Gasteiger partial charge on any atom is -0.439 e. The van der Waals surface area contributed by atoms with Crippen LogP contribution in [0.5, 0.6) is 11.6 Å². The first-order valence-electron chi connectivity index (χ1n) is 6.75. The van der Waals surface area contributed by atoms with Crippen molar-refractivity contribution in [2.24, 2.45) is 0 Å². The maximum Gasteiger partial charge on any atom is 0.224 e. The van der Waals surface area contributed by atoms with E-state index in [0.29, 0.717) is 11.3 Å². The Hall–Kier alpha value is -1.94. The molecule has 0 saturated carbocycles. The predicted octanol–water partition coefficient (Wildman–Crippen LogP) is 3.85. The summed E-state index contributed by atoms with van der Waals surface area (Å²) in [7, 11) is 0. The molecule has 0 atom stereocenters. The molecule has 0 spiro atoms. The van der Waals surface area contributed by atoms with Gasteiger partial charge in [0.25, 0.3) is 0 Å². The van der Waals surface area contributed by atoms with Crippen LogP contribution in [-0.4, -0.2) is 10.1 Å². The Morgan fingerprint density at radius 3 is 2.65 bits per heavy atom. The third-order valence-corrected chi connectivity index (χ3v) is 3.02. The molecule has 2 aromatic rings. The Kier molecular flexibility index (Phi) is 5.07. The Bertz CT molecular complexity index is 555. The second kappa shape index (κ2) is 7.01. The first-order valence-corrected chi connectivity index (χ1v) is 6.75. The van der Waals surface area contributed by atoms with Gasteiger partial charge in [-0.3, -0.25) is 0 Å². The van der Waals surface area contributed by atoms with Crippen LogP contribution < -0.4 is 4.74 Å². The second-order valence-electron chi connectivity index (χ2n) is 4.63. The molecule has 1 aromatic carbocycles. The lowest BCUT2D eigenvalue weighted by Crippen LogP contribution is -1.96. The molecule has 0 fully saturated rings. The molecule has 0 radical (unpaired) electrons. The lowest BCUT2D eigenvalue weighted by Gasteiger charge is -2.09. The monoisotopic (exact) mass is 275 g/mol. The summed E-state index contributed by atoms with van der Waals surface area (Å²) in [5, 5.41) is 9.18. The second-order valence-corrected chi connectivity index (χ2v) is 4.63. The topological polar surface area (TPSA) is 42.4 Å². The fourth-order valence-electron chi connectivity index (χ4n) is 1.89. The number of hydrogen-bond donors (Lipinski definition) is 1. The smallest absolute Gasteiger partial charge is 0.224 e. The van der Waals surface area contributed by atoms with Crippen molar-refractivity contribution in [3.8, 4) is 11.6 Å². The average molecular weight is 275 g/mol. The van der Waals surface area contributed by atoms with E-state index in [9.17, 15) is 9.50 Å². The zero-order chi connectivity index (χ0) is 14.4. The summed E-state index contributed by atoms with van der Waals surface area (Å²) in [6.45, 7) is 1.85. The van der Waals surface area contributed by atoms with Crippen LogP contribution in [-0.2, 0) is 13.0 Å². The third kappa shape index (κ3) is 3.78. The summed E-state index contributed by atoms with van der Waals surface area (Å²) < 4.78 is 18.6. The van der Waals surface area contributed by atoms with E-state index in [0.717, 1.165) is 25.5 Å². The normalized spacial score (nSPS) is 10.6. The lowest BCUT2D eigenvalue weighted by molar-refractivity contribution is 0.274. The zero-order valence-corrected chi connectivity index (χ0v) is 11.5. The van der Waals surface area contributed by atoms with Gasteiger partial charge in [-0.05, 0) is 36.6 Å². The van der Waals surface area contributed by atoms with Gasteiger partial charge in [-0.25, -0.2) is 9.37 Å². The van der Waals surface area contributed by atoms with Crippen molar-refractivity contribution in [1.29, 1.82) is 0 Å². The lowest BCUT2D eigenvalue weighted by atomic mass is 10.1. The van der Waals surface area contributed by atoms with Gasteiger partial charge in [-0.1, -0.05) is 25.5 Å². The first kappa shape index (κ1) is 14.5. The van der Waals surface area contributed by atoms with E-state index in [1.54, 1.807) is 0 Å². The molecule has 2 rings (SSSR count). The number of pyridine rings is 1. The zero-order valence-electron chi connectivity index (χ0n) is 11.5. The van der Waals surface area contributed by atoms with Crippen LogP contribution in [0.4, 0.5) is 4.39 Å². The highest BCUT2D eigenvalue weighted by molar-refractivity contribution is 5.34. The number of aromatic nitrogens is 1.